The first-order chi connectivity index (χ1) is 12.1. The second-order valence-electron chi connectivity index (χ2n) is 6.05. The molecule has 1 aliphatic rings. The summed E-state index contributed by atoms with van der Waals surface area (Å²) in [4.78, 5) is 12.7. The summed E-state index contributed by atoms with van der Waals surface area (Å²) in [7, 11) is 0. The van der Waals surface area contributed by atoms with E-state index in [1.54, 1.807) is 5.01 Å². The zero-order valence-corrected chi connectivity index (χ0v) is 14.0. The van der Waals surface area contributed by atoms with Crippen molar-refractivity contribution in [1.82, 2.24) is 5.01 Å². The maximum atomic E-state index is 13.7. The van der Waals surface area contributed by atoms with Crippen LogP contribution in [0.3, 0.4) is 0 Å². The van der Waals surface area contributed by atoms with Gasteiger partial charge in [0.15, 0.2) is 18.2 Å². The highest BCUT2D eigenvalue weighted by Gasteiger charge is 2.30. The van der Waals surface area contributed by atoms with Gasteiger partial charge in [-0.2, -0.15) is 0 Å². The minimum Gasteiger partial charge on any atom is -0.481 e. The highest BCUT2D eigenvalue weighted by atomic mass is 19.1. The number of carbonyl (C=O) groups is 1. The van der Waals surface area contributed by atoms with Crippen LogP contribution in [0.2, 0.25) is 0 Å². The van der Waals surface area contributed by atoms with Crippen LogP contribution in [0, 0.1) is 11.6 Å². The number of benzene rings is 2. The van der Waals surface area contributed by atoms with Gasteiger partial charge in [0.05, 0.1) is 11.7 Å². The third-order valence-electron chi connectivity index (χ3n) is 4.22. The smallest absolute Gasteiger partial charge is 0.279 e. The molecule has 0 spiro atoms. The van der Waals surface area contributed by atoms with Gasteiger partial charge in [0.25, 0.3) is 5.91 Å². The SMILES string of the molecule is CC1CCCN(c2ccccc2)N1C(=O)COc1ccc(F)cc1F. The Morgan fingerprint density at radius 3 is 2.68 bits per heavy atom. The number of halogens is 2. The highest BCUT2D eigenvalue weighted by molar-refractivity contribution is 5.80. The summed E-state index contributed by atoms with van der Waals surface area (Å²) in [5.41, 5.74) is 0.926. The van der Waals surface area contributed by atoms with Gasteiger partial charge in [-0.1, -0.05) is 18.2 Å². The molecule has 0 aromatic heterocycles. The summed E-state index contributed by atoms with van der Waals surface area (Å²) in [6.07, 6.45) is 1.87. The molecule has 4 nitrogen and oxygen atoms in total. The van der Waals surface area contributed by atoms with E-state index in [-0.39, 0.29) is 24.3 Å². The van der Waals surface area contributed by atoms with E-state index in [4.69, 9.17) is 4.74 Å². The van der Waals surface area contributed by atoms with E-state index < -0.39 is 11.6 Å². The summed E-state index contributed by atoms with van der Waals surface area (Å²) in [5.74, 6) is -1.90. The molecular weight excluding hydrogens is 326 g/mol. The van der Waals surface area contributed by atoms with Gasteiger partial charge < -0.3 is 4.74 Å². The van der Waals surface area contributed by atoms with E-state index in [0.717, 1.165) is 37.2 Å². The molecule has 0 bridgehead atoms. The molecule has 0 N–H and O–H groups in total. The molecule has 25 heavy (non-hydrogen) atoms. The van der Waals surface area contributed by atoms with Crippen LogP contribution < -0.4 is 9.75 Å². The quantitative estimate of drug-likeness (QED) is 0.845. The predicted octanol–water partition coefficient (Wildman–Crippen LogP) is 3.78. The van der Waals surface area contributed by atoms with E-state index in [1.807, 2.05) is 42.3 Å². The second-order valence-corrected chi connectivity index (χ2v) is 6.05. The number of para-hydroxylation sites is 1. The number of ether oxygens (including phenoxy) is 1. The van der Waals surface area contributed by atoms with Crippen LogP contribution in [0.4, 0.5) is 14.5 Å². The number of hydrogen-bond donors (Lipinski definition) is 0. The number of amides is 1. The Morgan fingerprint density at radius 2 is 1.96 bits per heavy atom. The number of carbonyl (C=O) groups excluding carboxylic acids is 1. The Morgan fingerprint density at radius 1 is 1.20 bits per heavy atom. The van der Waals surface area contributed by atoms with Crippen LogP contribution in [0.15, 0.2) is 48.5 Å². The van der Waals surface area contributed by atoms with Gasteiger partial charge in [0.1, 0.15) is 5.82 Å². The molecule has 1 fully saturated rings. The van der Waals surface area contributed by atoms with Crippen molar-refractivity contribution in [3.05, 3.63) is 60.2 Å². The van der Waals surface area contributed by atoms with Crippen LogP contribution in [0.5, 0.6) is 5.75 Å². The summed E-state index contributed by atoms with van der Waals surface area (Å²) in [6.45, 7) is 2.40. The second kappa shape index (κ2) is 7.51. The fraction of sp³-hybridized carbons (Fsp3) is 0.316. The summed E-state index contributed by atoms with van der Waals surface area (Å²) >= 11 is 0. The molecule has 0 saturated carbocycles. The Hall–Kier alpha value is -2.63. The molecule has 1 amide bonds. The van der Waals surface area contributed by atoms with E-state index >= 15 is 0 Å². The lowest BCUT2D eigenvalue weighted by atomic mass is 10.1. The lowest BCUT2D eigenvalue weighted by Gasteiger charge is -2.44. The highest BCUT2D eigenvalue weighted by Crippen LogP contribution is 2.25. The third-order valence-corrected chi connectivity index (χ3v) is 4.22. The fourth-order valence-electron chi connectivity index (χ4n) is 3.04. The molecule has 0 aliphatic carbocycles. The number of rotatable bonds is 4. The van der Waals surface area contributed by atoms with Crippen LogP contribution in [-0.2, 0) is 4.79 Å². The zero-order valence-electron chi connectivity index (χ0n) is 14.0. The third kappa shape index (κ3) is 3.90. The van der Waals surface area contributed by atoms with Gasteiger partial charge in [0, 0.05) is 12.6 Å². The van der Waals surface area contributed by atoms with E-state index in [9.17, 15) is 13.6 Å². The average Bonchev–Trinajstić information content (AvgIpc) is 2.61. The molecule has 3 rings (SSSR count). The molecule has 0 radical (unpaired) electrons. The Balaban J connectivity index is 1.73. The van der Waals surface area contributed by atoms with Gasteiger partial charge in [-0.3, -0.25) is 9.80 Å². The molecule has 2 aromatic rings. The predicted molar refractivity (Wildman–Crippen MR) is 91.2 cm³/mol. The fourth-order valence-corrected chi connectivity index (χ4v) is 3.04. The summed E-state index contributed by atoms with van der Waals surface area (Å²) < 4.78 is 31.9. The van der Waals surface area contributed by atoms with Crippen molar-refractivity contribution in [3.8, 4) is 5.75 Å². The van der Waals surface area contributed by atoms with Crippen molar-refractivity contribution < 1.29 is 18.3 Å². The van der Waals surface area contributed by atoms with Crippen LogP contribution in [0.25, 0.3) is 0 Å². The monoisotopic (exact) mass is 346 g/mol. The average molecular weight is 346 g/mol. The van der Waals surface area contributed by atoms with Crippen molar-refractivity contribution in [2.45, 2.75) is 25.8 Å². The molecule has 1 saturated heterocycles. The van der Waals surface area contributed by atoms with Gasteiger partial charge in [-0.25, -0.2) is 13.8 Å². The molecular formula is C19H20F2N2O2. The summed E-state index contributed by atoms with van der Waals surface area (Å²) in [6, 6.07) is 12.7. The Bertz CT molecular complexity index is 739. The molecule has 1 unspecified atom stereocenters. The summed E-state index contributed by atoms with van der Waals surface area (Å²) in [5, 5.41) is 3.60. The number of nitrogens with zero attached hydrogens (tertiary/aromatic N) is 2. The van der Waals surface area contributed by atoms with Crippen LogP contribution in [0.1, 0.15) is 19.8 Å². The molecule has 1 aliphatic heterocycles. The first kappa shape index (κ1) is 17.2. The molecule has 1 heterocycles. The van der Waals surface area contributed by atoms with E-state index in [2.05, 4.69) is 0 Å². The van der Waals surface area contributed by atoms with Gasteiger partial charge in [0.2, 0.25) is 0 Å². The maximum absolute atomic E-state index is 13.7. The van der Waals surface area contributed by atoms with Gasteiger partial charge in [-0.05, 0) is 44.0 Å². The van der Waals surface area contributed by atoms with Crippen LogP contribution in [-0.4, -0.2) is 30.1 Å². The molecule has 1 atom stereocenters. The number of hydrogen-bond acceptors (Lipinski definition) is 3. The molecule has 132 valence electrons. The van der Waals surface area contributed by atoms with Crippen molar-refractivity contribution in [2.24, 2.45) is 0 Å². The van der Waals surface area contributed by atoms with Gasteiger partial charge >= 0.3 is 0 Å². The topological polar surface area (TPSA) is 32.8 Å². The normalized spacial score (nSPS) is 17.5. The molecule has 2 aromatic carbocycles. The first-order valence-electron chi connectivity index (χ1n) is 8.28. The number of hydrazine groups is 1. The lowest BCUT2D eigenvalue weighted by molar-refractivity contribution is -0.137. The maximum Gasteiger partial charge on any atom is 0.279 e. The standard InChI is InChI=1S/C19H20F2N2O2/c1-14-6-5-11-22(16-7-3-2-4-8-16)23(14)19(24)13-25-18-10-9-15(20)12-17(18)21/h2-4,7-10,12,14H,5-6,11,13H2,1H3. The minimum atomic E-state index is -0.820. The van der Waals surface area contributed by atoms with Crippen molar-refractivity contribution in [1.29, 1.82) is 0 Å². The van der Waals surface area contributed by atoms with Gasteiger partial charge in [-0.15, -0.1) is 0 Å². The van der Waals surface area contributed by atoms with Crippen molar-refractivity contribution in [3.63, 3.8) is 0 Å². The Kier molecular flexibility index (Phi) is 5.16. The van der Waals surface area contributed by atoms with Crippen molar-refractivity contribution >= 4 is 11.6 Å². The first-order valence-corrected chi connectivity index (χ1v) is 8.28. The largest absolute Gasteiger partial charge is 0.481 e. The minimum absolute atomic E-state index is 0.0168. The van der Waals surface area contributed by atoms with Crippen molar-refractivity contribution in [2.75, 3.05) is 18.2 Å². The zero-order chi connectivity index (χ0) is 17.8. The lowest BCUT2D eigenvalue weighted by Crippen LogP contribution is -2.56. The number of anilines is 1. The Labute approximate surface area is 145 Å². The van der Waals surface area contributed by atoms with E-state index in [0.29, 0.717) is 0 Å². The van der Waals surface area contributed by atoms with E-state index in [1.165, 1.54) is 6.07 Å². The van der Waals surface area contributed by atoms with Crippen LogP contribution >= 0.6 is 0 Å². The molecule has 6 heteroatoms.